The van der Waals surface area contributed by atoms with Crippen LogP contribution in [0.25, 0.3) is 0 Å². The number of ether oxygens (including phenoxy) is 4. The maximum Gasteiger partial charge on any atom is 0.277 e. The van der Waals surface area contributed by atoms with Crippen LogP contribution in [0.3, 0.4) is 0 Å². The number of hydrazone groups is 1. The first-order valence-corrected chi connectivity index (χ1v) is 7.47. The first-order valence-electron chi connectivity index (χ1n) is 7.47. The smallest absolute Gasteiger partial charge is 0.277 e. The maximum absolute atomic E-state index is 11.8. The van der Waals surface area contributed by atoms with Crippen LogP contribution in [0.2, 0.25) is 0 Å². The van der Waals surface area contributed by atoms with E-state index >= 15 is 0 Å². The van der Waals surface area contributed by atoms with Crippen LogP contribution in [-0.2, 0) is 4.79 Å². The van der Waals surface area contributed by atoms with E-state index in [0.29, 0.717) is 23.0 Å². The average molecular weight is 344 g/mol. The van der Waals surface area contributed by atoms with Gasteiger partial charge in [-0.15, -0.1) is 0 Å². The Labute approximate surface area is 146 Å². The van der Waals surface area contributed by atoms with Crippen molar-refractivity contribution in [2.24, 2.45) is 5.10 Å². The molecule has 0 aliphatic heterocycles. The molecule has 0 aliphatic carbocycles. The third-order valence-electron chi connectivity index (χ3n) is 3.24. The molecule has 2 aromatic rings. The summed E-state index contributed by atoms with van der Waals surface area (Å²) < 4.78 is 20.9. The second-order valence-corrected chi connectivity index (χ2v) is 4.85. The Hall–Kier alpha value is -3.22. The number of methoxy groups -OCH3 is 3. The molecule has 2 aromatic carbocycles. The van der Waals surface area contributed by atoms with E-state index in [1.165, 1.54) is 13.3 Å². The quantitative estimate of drug-likeness (QED) is 0.587. The summed E-state index contributed by atoms with van der Waals surface area (Å²) in [6, 6.07) is 12.4. The lowest BCUT2D eigenvalue weighted by Gasteiger charge is -2.09. The fourth-order valence-corrected chi connectivity index (χ4v) is 2.03. The van der Waals surface area contributed by atoms with Crippen molar-refractivity contribution in [3.05, 3.63) is 48.0 Å². The van der Waals surface area contributed by atoms with E-state index in [1.807, 2.05) is 6.07 Å². The molecule has 0 radical (unpaired) electrons. The Kier molecular flexibility index (Phi) is 6.65. The molecule has 0 bridgehead atoms. The first-order chi connectivity index (χ1) is 12.2. The van der Waals surface area contributed by atoms with Crippen molar-refractivity contribution in [3.8, 4) is 23.0 Å². The van der Waals surface area contributed by atoms with Crippen molar-refractivity contribution in [3.63, 3.8) is 0 Å². The van der Waals surface area contributed by atoms with Gasteiger partial charge in [-0.25, -0.2) is 5.43 Å². The topological polar surface area (TPSA) is 78.4 Å². The van der Waals surface area contributed by atoms with E-state index in [-0.39, 0.29) is 12.5 Å². The zero-order valence-electron chi connectivity index (χ0n) is 14.3. The predicted molar refractivity (Wildman–Crippen MR) is 93.8 cm³/mol. The van der Waals surface area contributed by atoms with Gasteiger partial charge in [0, 0.05) is 0 Å². The van der Waals surface area contributed by atoms with Gasteiger partial charge in [0.15, 0.2) is 29.6 Å². The van der Waals surface area contributed by atoms with Crippen molar-refractivity contribution in [2.75, 3.05) is 27.9 Å². The lowest BCUT2D eigenvalue weighted by molar-refractivity contribution is -0.123. The normalized spacial score (nSPS) is 10.4. The van der Waals surface area contributed by atoms with Crippen molar-refractivity contribution in [2.45, 2.75) is 0 Å². The predicted octanol–water partition coefficient (Wildman–Crippen LogP) is 2.24. The van der Waals surface area contributed by atoms with Gasteiger partial charge in [0.25, 0.3) is 5.91 Å². The van der Waals surface area contributed by atoms with Crippen LogP contribution in [-0.4, -0.2) is 40.1 Å². The summed E-state index contributed by atoms with van der Waals surface area (Å²) in [6.45, 7) is -0.177. The number of nitrogens with zero attached hydrogens (tertiary/aromatic N) is 1. The average Bonchev–Trinajstić information content (AvgIpc) is 2.66. The number of hydrogen-bond donors (Lipinski definition) is 1. The number of para-hydroxylation sites is 2. The third kappa shape index (κ3) is 5.13. The molecule has 7 heteroatoms. The Balaban J connectivity index is 1.88. The molecule has 0 spiro atoms. The number of amides is 1. The lowest BCUT2D eigenvalue weighted by atomic mass is 10.2. The molecule has 0 saturated heterocycles. The van der Waals surface area contributed by atoms with Gasteiger partial charge in [0.05, 0.1) is 27.5 Å². The molecule has 132 valence electrons. The SMILES string of the molecule is COc1ccc(/C=N\NC(=O)COc2ccccc2OC)cc1OC. The number of carbonyl (C=O) groups is 1. The highest BCUT2D eigenvalue weighted by Crippen LogP contribution is 2.27. The van der Waals surface area contributed by atoms with Gasteiger partial charge in [-0.1, -0.05) is 12.1 Å². The van der Waals surface area contributed by atoms with Crippen molar-refractivity contribution < 1.29 is 23.7 Å². The summed E-state index contributed by atoms with van der Waals surface area (Å²) in [4.78, 5) is 11.8. The Morgan fingerprint density at radius 1 is 0.960 bits per heavy atom. The number of rotatable bonds is 8. The van der Waals surface area contributed by atoms with Crippen LogP contribution in [0.1, 0.15) is 5.56 Å². The minimum atomic E-state index is -0.386. The summed E-state index contributed by atoms with van der Waals surface area (Å²) in [5.74, 6) is 1.86. The molecule has 25 heavy (non-hydrogen) atoms. The fraction of sp³-hybridized carbons (Fsp3) is 0.222. The second-order valence-electron chi connectivity index (χ2n) is 4.85. The van der Waals surface area contributed by atoms with Crippen LogP contribution in [0.4, 0.5) is 0 Å². The van der Waals surface area contributed by atoms with Gasteiger partial charge in [-0.05, 0) is 35.9 Å². The molecule has 0 atom stereocenters. The molecule has 0 unspecified atom stereocenters. The molecule has 2 rings (SSSR count). The molecule has 0 saturated carbocycles. The molecule has 0 aromatic heterocycles. The van der Waals surface area contributed by atoms with Crippen molar-refractivity contribution >= 4 is 12.1 Å². The maximum atomic E-state index is 11.8. The van der Waals surface area contributed by atoms with Crippen LogP contribution >= 0.6 is 0 Å². The molecule has 7 nitrogen and oxygen atoms in total. The molecule has 1 amide bonds. The van der Waals surface area contributed by atoms with Crippen LogP contribution in [0.15, 0.2) is 47.6 Å². The summed E-state index contributed by atoms with van der Waals surface area (Å²) in [7, 11) is 4.65. The largest absolute Gasteiger partial charge is 0.493 e. The van der Waals surface area contributed by atoms with E-state index < -0.39 is 0 Å². The van der Waals surface area contributed by atoms with Gasteiger partial charge in [0.2, 0.25) is 0 Å². The Morgan fingerprint density at radius 2 is 1.60 bits per heavy atom. The van der Waals surface area contributed by atoms with E-state index in [2.05, 4.69) is 10.5 Å². The fourth-order valence-electron chi connectivity index (χ4n) is 2.03. The molecule has 0 aliphatic rings. The van der Waals surface area contributed by atoms with Crippen molar-refractivity contribution in [1.82, 2.24) is 5.43 Å². The van der Waals surface area contributed by atoms with E-state index in [9.17, 15) is 4.79 Å². The second kappa shape index (κ2) is 9.17. The summed E-state index contributed by atoms with van der Waals surface area (Å²) in [5.41, 5.74) is 3.15. The van der Waals surface area contributed by atoms with Gasteiger partial charge >= 0.3 is 0 Å². The summed E-state index contributed by atoms with van der Waals surface area (Å²) >= 11 is 0. The van der Waals surface area contributed by atoms with E-state index in [4.69, 9.17) is 18.9 Å². The monoisotopic (exact) mass is 344 g/mol. The number of benzene rings is 2. The van der Waals surface area contributed by atoms with Gasteiger partial charge in [0.1, 0.15) is 0 Å². The highest BCUT2D eigenvalue weighted by Gasteiger charge is 2.06. The van der Waals surface area contributed by atoms with Crippen LogP contribution in [0.5, 0.6) is 23.0 Å². The Morgan fingerprint density at radius 3 is 2.28 bits per heavy atom. The van der Waals surface area contributed by atoms with Gasteiger partial charge in [-0.3, -0.25) is 4.79 Å². The Bertz CT molecular complexity index is 746. The number of carbonyl (C=O) groups excluding carboxylic acids is 1. The number of nitrogens with one attached hydrogen (secondary N) is 1. The van der Waals surface area contributed by atoms with Crippen LogP contribution in [0, 0.1) is 0 Å². The lowest BCUT2D eigenvalue weighted by Crippen LogP contribution is -2.24. The number of hydrogen-bond acceptors (Lipinski definition) is 6. The highest BCUT2D eigenvalue weighted by atomic mass is 16.5. The zero-order valence-corrected chi connectivity index (χ0v) is 14.3. The molecular formula is C18H20N2O5. The molecule has 0 fully saturated rings. The third-order valence-corrected chi connectivity index (χ3v) is 3.24. The minimum absolute atomic E-state index is 0.177. The van der Waals surface area contributed by atoms with Crippen molar-refractivity contribution in [1.29, 1.82) is 0 Å². The summed E-state index contributed by atoms with van der Waals surface area (Å²) in [5, 5.41) is 3.90. The molecular weight excluding hydrogens is 324 g/mol. The summed E-state index contributed by atoms with van der Waals surface area (Å²) in [6.07, 6.45) is 1.50. The first kappa shape index (κ1) is 18.1. The van der Waals surface area contributed by atoms with E-state index in [1.54, 1.807) is 50.6 Å². The standard InChI is InChI=1S/C18H20N2O5/c1-22-14-6-4-5-7-16(14)25-12-18(21)20-19-11-13-8-9-15(23-2)17(10-13)24-3/h4-11H,12H2,1-3H3,(H,20,21)/b19-11-. The molecule has 0 heterocycles. The highest BCUT2D eigenvalue weighted by molar-refractivity contribution is 5.83. The van der Waals surface area contributed by atoms with Crippen LogP contribution < -0.4 is 24.4 Å². The zero-order chi connectivity index (χ0) is 18.1. The minimum Gasteiger partial charge on any atom is -0.493 e. The van der Waals surface area contributed by atoms with Gasteiger partial charge < -0.3 is 18.9 Å². The molecule has 1 N–H and O–H groups in total. The van der Waals surface area contributed by atoms with E-state index in [0.717, 1.165) is 5.56 Å². The van der Waals surface area contributed by atoms with Gasteiger partial charge in [-0.2, -0.15) is 5.10 Å².